The molecule has 1 atom stereocenters. The van der Waals surface area contributed by atoms with Crippen molar-refractivity contribution < 1.29 is 19.7 Å². The molecule has 0 spiro atoms. The van der Waals surface area contributed by atoms with Gasteiger partial charge in [0.25, 0.3) is 0 Å². The summed E-state index contributed by atoms with van der Waals surface area (Å²) in [7, 11) is 0. The van der Waals surface area contributed by atoms with E-state index in [0.29, 0.717) is 10.6 Å². The third-order valence-electron chi connectivity index (χ3n) is 2.06. The number of cyclic esters (lactones) is 1. The molecule has 1 aromatic carbocycles. The number of ether oxygens (including phenoxy) is 1. The minimum Gasteiger partial charge on any atom is -0.505 e. The molecule has 0 amide bonds. The van der Waals surface area contributed by atoms with Crippen LogP contribution in [0.4, 0.5) is 0 Å². The van der Waals surface area contributed by atoms with E-state index in [0.717, 1.165) is 0 Å². The van der Waals surface area contributed by atoms with Gasteiger partial charge in [0.05, 0.1) is 0 Å². The monoisotopic (exact) mass is 226 g/mol. The van der Waals surface area contributed by atoms with E-state index in [1.807, 2.05) is 0 Å². The van der Waals surface area contributed by atoms with Crippen molar-refractivity contribution in [3.63, 3.8) is 0 Å². The average Bonchev–Trinajstić information content (AvgIpc) is 2.46. The van der Waals surface area contributed by atoms with Crippen molar-refractivity contribution in [3.05, 3.63) is 46.4 Å². The van der Waals surface area contributed by atoms with Gasteiger partial charge in [0, 0.05) is 10.6 Å². The number of rotatable bonds is 1. The lowest BCUT2D eigenvalue weighted by Crippen LogP contribution is -2.03. The molecule has 1 aromatic rings. The van der Waals surface area contributed by atoms with E-state index in [1.54, 1.807) is 24.3 Å². The van der Waals surface area contributed by atoms with Crippen molar-refractivity contribution >= 4 is 17.6 Å². The molecule has 1 aliphatic heterocycles. The van der Waals surface area contributed by atoms with Crippen LogP contribution in [-0.2, 0) is 9.53 Å². The first-order valence-electron chi connectivity index (χ1n) is 4.18. The summed E-state index contributed by atoms with van der Waals surface area (Å²) in [6, 6.07) is 6.50. The lowest BCUT2D eigenvalue weighted by atomic mass is 10.1. The summed E-state index contributed by atoms with van der Waals surface area (Å²) in [5.41, 5.74) is 0.511. The first-order chi connectivity index (χ1) is 7.09. The lowest BCUT2D eigenvalue weighted by Gasteiger charge is -2.09. The maximum absolute atomic E-state index is 10.9. The van der Waals surface area contributed by atoms with Crippen LogP contribution in [-0.4, -0.2) is 16.2 Å². The molecule has 2 N–H and O–H groups in total. The van der Waals surface area contributed by atoms with Crippen molar-refractivity contribution in [1.29, 1.82) is 0 Å². The van der Waals surface area contributed by atoms with Crippen LogP contribution in [0.1, 0.15) is 11.7 Å². The van der Waals surface area contributed by atoms with Crippen LogP contribution in [0.15, 0.2) is 35.8 Å². The summed E-state index contributed by atoms with van der Waals surface area (Å²) in [6.07, 6.45) is -0.962. The van der Waals surface area contributed by atoms with E-state index >= 15 is 0 Å². The Balaban J connectivity index is 2.39. The molecule has 4 nitrogen and oxygen atoms in total. The predicted octanol–water partition coefficient (Wildman–Crippen LogP) is 2.27. The van der Waals surface area contributed by atoms with Gasteiger partial charge in [-0.25, -0.2) is 4.79 Å². The zero-order valence-corrected chi connectivity index (χ0v) is 8.23. The molecule has 0 fully saturated rings. The molecule has 78 valence electrons. The predicted molar refractivity (Wildman–Crippen MR) is 52.6 cm³/mol. The van der Waals surface area contributed by atoms with Gasteiger partial charge in [-0.1, -0.05) is 23.7 Å². The van der Waals surface area contributed by atoms with Crippen molar-refractivity contribution in [2.24, 2.45) is 0 Å². The quantitative estimate of drug-likeness (QED) is 0.721. The molecule has 0 aliphatic carbocycles. The van der Waals surface area contributed by atoms with Crippen LogP contribution in [0.3, 0.4) is 0 Å². The second kappa shape index (κ2) is 3.47. The van der Waals surface area contributed by atoms with Crippen molar-refractivity contribution in [2.75, 3.05) is 0 Å². The highest BCUT2D eigenvalue weighted by molar-refractivity contribution is 6.30. The van der Waals surface area contributed by atoms with Crippen LogP contribution >= 0.6 is 11.6 Å². The Kier molecular flexibility index (Phi) is 2.28. The Morgan fingerprint density at radius 3 is 2.60 bits per heavy atom. The number of benzene rings is 1. The summed E-state index contributed by atoms with van der Waals surface area (Å²) in [5, 5.41) is 19.0. The van der Waals surface area contributed by atoms with E-state index < -0.39 is 23.6 Å². The van der Waals surface area contributed by atoms with Crippen molar-refractivity contribution in [2.45, 2.75) is 6.10 Å². The fraction of sp³-hybridized carbons (Fsp3) is 0.100. The Morgan fingerprint density at radius 2 is 2.07 bits per heavy atom. The van der Waals surface area contributed by atoms with Crippen LogP contribution in [0.25, 0.3) is 0 Å². The molecule has 1 aliphatic rings. The first kappa shape index (κ1) is 9.86. The molecule has 0 bridgehead atoms. The Hall–Kier alpha value is -1.68. The van der Waals surface area contributed by atoms with Gasteiger partial charge in [-0.3, -0.25) is 0 Å². The average molecular weight is 227 g/mol. The molecular formula is C10H7ClO4. The highest BCUT2D eigenvalue weighted by atomic mass is 35.5. The summed E-state index contributed by atoms with van der Waals surface area (Å²) in [5.74, 6) is -2.17. The highest BCUT2D eigenvalue weighted by Crippen LogP contribution is 2.33. The zero-order chi connectivity index (χ0) is 11.0. The number of carbonyl (C=O) groups is 1. The largest absolute Gasteiger partial charge is 0.505 e. The van der Waals surface area contributed by atoms with Crippen molar-refractivity contribution in [1.82, 2.24) is 0 Å². The number of esters is 1. The number of halogens is 1. The van der Waals surface area contributed by atoms with E-state index in [9.17, 15) is 9.90 Å². The van der Waals surface area contributed by atoms with Gasteiger partial charge < -0.3 is 14.9 Å². The smallest absolute Gasteiger partial charge is 0.378 e. The molecule has 0 aromatic heterocycles. The number of carbonyl (C=O) groups excluding carboxylic acids is 1. The van der Waals surface area contributed by atoms with Gasteiger partial charge in [-0.15, -0.1) is 0 Å². The number of hydrogen-bond donors (Lipinski definition) is 2. The zero-order valence-electron chi connectivity index (χ0n) is 7.48. The van der Waals surface area contributed by atoms with E-state index in [1.165, 1.54) is 0 Å². The second-order valence-corrected chi connectivity index (χ2v) is 3.51. The maximum Gasteiger partial charge on any atom is 0.378 e. The van der Waals surface area contributed by atoms with Gasteiger partial charge in [-0.2, -0.15) is 0 Å². The number of hydrogen-bond acceptors (Lipinski definition) is 4. The molecule has 0 saturated heterocycles. The standard InChI is InChI=1S/C10H7ClO4/c11-6-3-1-2-5(4-6)9-7(12)8(13)10(14)15-9/h1-4,9,12-13H. The lowest BCUT2D eigenvalue weighted by molar-refractivity contribution is -0.142. The molecule has 2 rings (SSSR count). The van der Waals surface area contributed by atoms with E-state index in [4.69, 9.17) is 21.4 Å². The number of aliphatic hydroxyl groups excluding tert-OH is 2. The van der Waals surface area contributed by atoms with Gasteiger partial charge in [-0.05, 0) is 12.1 Å². The Labute approximate surface area is 90.4 Å². The van der Waals surface area contributed by atoms with Crippen LogP contribution in [0, 0.1) is 0 Å². The third kappa shape index (κ3) is 1.64. The normalized spacial score (nSPS) is 20.6. The topological polar surface area (TPSA) is 66.8 Å². The van der Waals surface area contributed by atoms with E-state index in [-0.39, 0.29) is 0 Å². The molecule has 1 heterocycles. The fourth-order valence-corrected chi connectivity index (χ4v) is 1.54. The summed E-state index contributed by atoms with van der Waals surface area (Å²) >= 11 is 5.74. The molecule has 0 radical (unpaired) electrons. The van der Waals surface area contributed by atoms with Gasteiger partial charge in [0.15, 0.2) is 11.9 Å². The van der Waals surface area contributed by atoms with E-state index in [2.05, 4.69) is 0 Å². The van der Waals surface area contributed by atoms with Gasteiger partial charge >= 0.3 is 5.97 Å². The SMILES string of the molecule is O=C1OC(c2cccc(Cl)c2)C(O)=C1O. The number of aliphatic hydroxyl groups is 2. The second-order valence-electron chi connectivity index (χ2n) is 3.07. The fourth-order valence-electron chi connectivity index (χ4n) is 1.34. The molecule has 1 unspecified atom stereocenters. The summed E-state index contributed by atoms with van der Waals surface area (Å²) in [6.45, 7) is 0. The van der Waals surface area contributed by atoms with Crippen molar-refractivity contribution in [3.8, 4) is 0 Å². The summed E-state index contributed by atoms with van der Waals surface area (Å²) in [4.78, 5) is 10.9. The highest BCUT2D eigenvalue weighted by Gasteiger charge is 2.35. The third-order valence-corrected chi connectivity index (χ3v) is 2.30. The maximum atomic E-state index is 10.9. The van der Waals surface area contributed by atoms with Crippen LogP contribution < -0.4 is 0 Å². The molecule has 0 saturated carbocycles. The molecule has 15 heavy (non-hydrogen) atoms. The van der Waals surface area contributed by atoms with Crippen LogP contribution in [0.2, 0.25) is 5.02 Å². The minimum absolute atomic E-state index is 0.461. The van der Waals surface area contributed by atoms with Crippen LogP contribution in [0.5, 0.6) is 0 Å². The Morgan fingerprint density at radius 1 is 1.33 bits per heavy atom. The van der Waals surface area contributed by atoms with Gasteiger partial charge in [0.1, 0.15) is 0 Å². The Bertz CT molecular complexity index is 452. The summed E-state index contributed by atoms with van der Waals surface area (Å²) < 4.78 is 4.76. The first-order valence-corrected chi connectivity index (χ1v) is 4.56. The van der Waals surface area contributed by atoms with Gasteiger partial charge in [0.2, 0.25) is 5.76 Å². The molecule has 5 heteroatoms. The molecular weight excluding hydrogens is 220 g/mol. The minimum atomic E-state index is -0.962.